The van der Waals surface area contributed by atoms with Gasteiger partial charge in [-0.05, 0) is 35.2 Å². The molecule has 0 bridgehead atoms. The first-order valence-electron chi connectivity index (χ1n) is 5.89. The Labute approximate surface area is 110 Å². The number of hydrogen-bond acceptors (Lipinski definition) is 3. The average Bonchev–Trinajstić information content (AvgIpc) is 2.42. The minimum Gasteiger partial charge on any atom is -0.507 e. The fourth-order valence-electron chi connectivity index (χ4n) is 1.97. The summed E-state index contributed by atoms with van der Waals surface area (Å²) in [6.45, 7) is -0.148. The van der Waals surface area contributed by atoms with E-state index in [0.29, 0.717) is 11.1 Å². The first-order chi connectivity index (χ1) is 9.13. The van der Waals surface area contributed by atoms with Gasteiger partial charge in [0.1, 0.15) is 11.3 Å². The molecule has 0 radical (unpaired) electrons. The highest BCUT2D eigenvalue weighted by Gasteiger charge is 2.15. The first kappa shape index (κ1) is 13.1. The number of aliphatic hydroxyl groups is 1. The molecule has 3 N–H and O–H groups in total. The number of aromatic carboxylic acids is 1. The van der Waals surface area contributed by atoms with Gasteiger partial charge in [0, 0.05) is 6.61 Å². The van der Waals surface area contributed by atoms with Gasteiger partial charge < -0.3 is 15.3 Å². The summed E-state index contributed by atoms with van der Waals surface area (Å²) < 4.78 is 0. The second kappa shape index (κ2) is 5.54. The Kier molecular flexibility index (Phi) is 3.82. The first-order valence-corrected chi connectivity index (χ1v) is 5.89. The standard InChI is InChI=1S/C15H14O4/c16-7-6-11-8-12(10-4-2-1-3-5-10)9-13(14(11)17)15(18)19/h1-5,8-9,16-17H,6-7H2,(H,18,19). The van der Waals surface area contributed by atoms with Gasteiger partial charge in [0.15, 0.2) is 0 Å². The molecule has 0 spiro atoms. The Morgan fingerprint density at radius 2 is 1.74 bits per heavy atom. The number of carboxylic acids is 1. The zero-order valence-corrected chi connectivity index (χ0v) is 10.2. The van der Waals surface area contributed by atoms with E-state index in [1.165, 1.54) is 6.07 Å². The van der Waals surface area contributed by atoms with Gasteiger partial charge in [-0.2, -0.15) is 0 Å². The lowest BCUT2D eigenvalue weighted by Gasteiger charge is -2.10. The summed E-state index contributed by atoms with van der Waals surface area (Å²) in [5.41, 5.74) is 1.86. The van der Waals surface area contributed by atoms with Crippen molar-refractivity contribution < 1.29 is 20.1 Å². The van der Waals surface area contributed by atoms with Crippen LogP contribution < -0.4 is 0 Å². The van der Waals surface area contributed by atoms with Crippen molar-refractivity contribution in [2.24, 2.45) is 0 Å². The average molecular weight is 258 g/mol. The van der Waals surface area contributed by atoms with E-state index in [1.54, 1.807) is 6.07 Å². The van der Waals surface area contributed by atoms with E-state index in [4.69, 9.17) is 10.2 Å². The van der Waals surface area contributed by atoms with E-state index in [9.17, 15) is 9.90 Å². The maximum Gasteiger partial charge on any atom is 0.339 e. The highest BCUT2D eigenvalue weighted by atomic mass is 16.4. The number of carbonyl (C=O) groups is 1. The molecule has 0 atom stereocenters. The normalized spacial score (nSPS) is 10.4. The van der Waals surface area contributed by atoms with Gasteiger partial charge in [-0.3, -0.25) is 0 Å². The Hall–Kier alpha value is -2.33. The smallest absolute Gasteiger partial charge is 0.339 e. The zero-order valence-electron chi connectivity index (χ0n) is 10.2. The van der Waals surface area contributed by atoms with Crippen molar-refractivity contribution in [2.75, 3.05) is 6.61 Å². The monoisotopic (exact) mass is 258 g/mol. The molecule has 2 aromatic rings. The highest BCUT2D eigenvalue weighted by Crippen LogP contribution is 2.30. The van der Waals surface area contributed by atoms with Crippen LogP contribution in [0.4, 0.5) is 0 Å². The van der Waals surface area contributed by atoms with Crippen LogP contribution in [0.15, 0.2) is 42.5 Å². The van der Waals surface area contributed by atoms with Crippen molar-refractivity contribution in [1.82, 2.24) is 0 Å². The van der Waals surface area contributed by atoms with Crippen LogP contribution in [0.3, 0.4) is 0 Å². The molecule has 0 aliphatic heterocycles. The molecule has 0 amide bonds. The molecule has 19 heavy (non-hydrogen) atoms. The van der Waals surface area contributed by atoms with E-state index in [-0.39, 0.29) is 24.3 Å². The van der Waals surface area contributed by atoms with Crippen molar-refractivity contribution >= 4 is 5.97 Å². The molecule has 4 heteroatoms. The Balaban J connectivity index is 2.59. The topological polar surface area (TPSA) is 77.8 Å². The molecule has 0 aliphatic carbocycles. The maximum atomic E-state index is 11.1. The second-order valence-corrected chi connectivity index (χ2v) is 4.18. The second-order valence-electron chi connectivity index (χ2n) is 4.18. The third kappa shape index (κ3) is 2.74. The van der Waals surface area contributed by atoms with Crippen molar-refractivity contribution in [2.45, 2.75) is 6.42 Å². The third-order valence-electron chi connectivity index (χ3n) is 2.91. The summed E-state index contributed by atoms with van der Waals surface area (Å²) in [6, 6.07) is 12.4. The summed E-state index contributed by atoms with van der Waals surface area (Å²) in [6.07, 6.45) is 0.215. The number of phenols is 1. The summed E-state index contributed by atoms with van der Waals surface area (Å²) >= 11 is 0. The van der Waals surface area contributed by atoms with Gasteiger partial charge in [0.05, 0.1) is 0 Å². The largest absolute Gasteiger partial charge is 0.507 e. The van der Waals surface area contributed by atoms with Crippen LogP contribution in [0.25, 0.3) is 11.1 Å². The molecule has 2 rings (SSSR count). The molecule has 98 valence electrons. The lowest BCUT2D eigenvalue weighted by Crippen LogP contribution is -2.01. The van der Waals surface area contributed by atoms with Crippen LogP contribution in [0, 0.1) is 0 Å². The molecule has 0 unspecified atom stereocenters. The van der Waals surface area contributed by atoms with E-state index in [1.807, 2.05) is 30.3 Å². The molecule has 0 aromatic heterocycles. The molecular formula is C15H14O4. The minimum absolute atomic E-state index is 0.148. The van der Waals surface area contributed by atoms with Crippen LogP contribution in [0.1, 0.15) is 15.9 Å². The fraction of sp³-hybridized carbons (Fsp3) is 0.133. The summed E-state index contributed by atoms with van der Waals surface area (Å²) in [5.74, 6) is -1.46. The Morgan fingerprint density at radius 1 is 1.05 bits per heavy atom. The van der Waals surface area contributed by atoms with Gasteiger partial charge in [-0.1, -0.05) is 30.3 Å². The zero-order chi connectivity index (χ0) is 13.8. The number of hydrogen-bond donors (Lipinski definition) is 3. The van der Waals surface area contributed by atoms with Gasteiger partial charge >= 0.3 is 5.97 Å². The maximum absolute atomic E-state index is 11.1. The molecular weight excluding hydrogens is 244 g/mol. The molecule has 0 saturated heterocycles. The summed E-state index contributed by atoms with van der Waals surface area (Å²) in [7, 11) is 0. The fourth-order valence-corrected chi connectivity index (χ4v) is 1.97. The summed E-state index contributed by atoms with van der Waals surface area (Å²) in [4.78, 5) is 11.1. The number of carboxylic acid groups (broad SMARTS) is 1. The number of aliphatic hydroxyl groups excluding tert-OH is 1. The highest BCUT2D eigenvalue weighted by molar-refractivity contribution is 5.93. The van der Waals surface area contributed by atoms with Crippen LogP contribution in [-0.2, 0) is 6.42 Å². The quantitative estimate of drug-likeness (QED) is 0.786. The van der Waals surface area contributed by atoms with Gasteiger partial charge in [0.2, 0.25) is 0 Å². The van der Waals surface area contributed by atoms with Gasteiger partial charge in [0.25, 0.3) is 0 Å². The SMILES string of the molecule is O=C(O)c1cc(-c2ccccc2)cc(CCO)c1O. The van der Waals surface area contributed by atoms with E-state index >= 15 is 0 Å². The number of benzene rings is 2. The molecule has 0 aliphatic rings. The van der Waals surface area contributed by atoms with Crippen molar-refractivity contribution in [1.29, 1.82) is 0 Å². The molecule has 4 nitrogen and oxygen atoms in total. The van der Waals surface area contributed by atoms with Crippen LogP contribution in [0.2, 0.25) is 0 Å². The van der Waals surface area contributed by atoms with Crippen molar-refractivity contribution in [3.63, 3.8) is 0 Å². The van der Waals surface area contributed by atoms with Crippen LogP contribution in [0.5, 0.6) is 5.75 Å². The van der Waals surface area contributed by atoms with E-state index < -0.39 is 5.97 Å². The van der Waals surface area contributed by atoms with Crippen LogP contribution >= 0.6 is 0 Å². The molecule has 0 fully saturated rings. The van der Waals surface area contributed by atoms with Crippen molar-refractivity contribution in [3.8, 4) is 16.9 Å². The predicted octanol–water partition coefficient (Wildman–Crippen LogP) is 2.29. The van der Waals surface area contributed by atoms with E-state index in [0.717, 1.165) is 5.56 Å². The summed E-state index contributed by atoms with van der Waals surface area (Å²) in [5, 5.41) is 28.0. The molecule has 0 saturated carbocycles. The van der Waals surface area contributed by atoms with Crippen LogP contribution in [-0.4, -0.2) is 27.9 Å². The molecule has 2 aromatic carbocycles. The number of aromatic hydroxyl groups is 1. The van der Waals surface area contributed by atoms with Gasteiger partial charge in [-0.25, -0.2) is 4.79 Å². The predicted molar refractivity (Wildman–Crippen MR) is 71.3 cm³/mol. The lowest BCUT2D eigenvalue weighted by atomic mass is 9.97. The molecule has 0 heterocycles. The lowest BCUT2D eigenvalue weighted by molar-refractivity contribution is 0.0693. The number of rotatable bonds is 4. The van der Waals surface area contributed by atoms with E-state index in [2.05, 4.69) is 0 Å². The minimum atomic E-state index is -1.19. The van der Waals surface area contributed by atoms with Gasteiger partial charge in [-0.15, -0.1) is 0 Å². The Morgan fingerprint density at radius 3 is 2.32 bits per heavy atom. The Bertz CT molecular complexity index is 591. The third-order valence-corrected chi connectivity index (χ3v) is 2.91. The van der Waals surface area contributed by atoms with Crippen molar-refractivity contribution in [3.05, 3.63) is 53.6 Å².